The molecule has 0 aliphatic rings. The Morgan fingerprint density at radius 3 is 1.34 bits per heavy atom. The lowest BCUT2D eigenvalue weighted by atomic mass is 9.85. The van der Waals surface area contributed by atoms with Gasteiger partial charge in [-0.25, -0.2) is 0 Å². The Kier molecular flexibility index (Phi) is 6.83. The highest BCUT2D eigenvalue weighted by Crippen LogP contribution is 2.44. The van der Waals surface area contributed by atoms with Gasteiger partial charge in [-0.3, -0.25) is 0 Å². The van der Waals surface area contributed by atoms with Crippen molar-refractivity contribution in [2.45, 2.75) is 0 Å². The molecule has 0 atom stereocenters. The quantitative estimate of drug-likeness (QED) is 0.162. The summed E-state index contributed by atoms with van der Waals surface area (Å²) in [6, 6.07) is 71.8. The fourth-order valence-corrected chi connectivity index (χ4v) is 9.57. The van der Waals surface area contributed by atoms with E-state index in [1.807, 2.05) is 11.3 Å². The van der Waals surface area contributed by atoms with E-state index >= 15 is 0 Å². The van der Waals surface area contributed by atoms with Gasteiger partial charge in [0.2, 0.25) is 0 Å². The summed E-state index contributed by atoms with van der Waals surface area (Å²) in [4.78, 5) is 0. The molecule has 0 saturated carbocycles. The second-order valence-electron chi connectivity index (χ2n) is 14.1. The molecule has 0 amide bonds. The highest BCUT2D eigenvalue weighted by Gasteiger charge is 2.17. The van der Waals surface area contributed by atoms with Crippen LogP contribution in [0.1, 0.15) is 0 Å². The first-order valence-electron chi connectivity index (χ1n) is 18.2. The summed E-state index contributed by atoms with van der Waals surface area (Å²) in [6.07, 6.45) is 0. The molecular formula is C52H32S. The van der Waals surface area contributed by atoms with E-state index < -0.39 is 0 Å². The highest BCUT2D eigenvalue weighted by atomic mass is 32.1. The number of thiophene rings is 1. The summed E-state index contributed by atoms with van der Waals surface area (Å²) >= 11 is 1.88. The second-order valence-corrected chi connectivity index (χ2v) is 15.2. The van der Waals surface area contributed by atoms with Crippen LogP contribution in [-0.4, -0.2) is 0 Å². The van der Waals surface area contributed by atoms with E-state index in [0.717, 1.165) is 0 Å². The molecule has 0 bridgehead atoms. The van der Waals surface area contributed by atoms with Crippen molar-refractivity contribution < 1.29 is 0 Å². The van der Waals surface area contributed by atoms with Crippen LogP contribution >= 0.6 is 11.3 Å². The molecule has 0 radical (unpaired) electrons. The monoisotopic (exact) mass is 688 g/mol. The summed E-state index contributed by atoms with van der Waals surface area (Å²) in [5.74, 6) is 0. The van der Waals surface area contributed by atoms with Crippen molar-refractivity contribution in [2.24, 2.45) is 0 Å². The van der Waals surface area contributed by atoms with E-state index in [2.05, 4.69) is 194 Å². The zero-order valence-electron chi connectivity index (χ0n) is 28.9. The lowest BCUT2D eigenvalue weighted by molar-refractivity contribution is 1.62. The number of fused-ring (bicyclic) bond motifs is 7. The standard InChI is InChI=1S/C52H32S/c1-2-11-33(12-3-1)51-43-17-6-8-19-45(43)52(46-20-9-7-18-44(46)51)42-16-10-15-34(29-42)37-21-22-39-28-40(24-23-38(39)27-37)41-25-26-49-47(31-41)48-30-35-13-4-5-14-36(35)32-50(48)53-49/h1-32H. The van der Waals surface area contributed by atoms with Gasteiger partial charge in [0.05, 0.1) is 0 Å². The molecule has 11 rings (SSSR count). The van der Waals surface area contributed by atoms with Crippen molar-refractivity contribution in [1.82, 2.24) is 0 Å². The maximum atomic E-state index is 2.38. The van der Waals surface area contributed by atoms with Crippen LogP contribution < -0.4 is 0 Å². The van der Waals surface area contributed by atoms with Gasteiger partial charge < -0.3 is 0 Å². The van der Waals surface area contributed by atoms with Crippen molar-refractivity contribution in [3.05, 3.63) is 194 Å². The van der Waals surface area contributed by atoms with Gasteiger partial charge in [0.15, 0.2) is 0 Å². The van der Waals surface area contributed by atoms with E-state index in [1.54, 1.807) is 0 Å². The zero-order chi connectivity index (χ0) is 34.9. The highest BCUT2D eigenvalue weighted by molar-refractivity contribution is 7.25. The molecule has 0 saturated heterocycles. The van der Waals surface area contributed by atoms with Crippen LogP contribution in [0.25, 0.3) is 108 Å². The molecule has 11 aromatic rings. The minimum atomic E-state index is 1.22. The Balaban J connectivity index is 0.993. The molecule has 246 valence electrons. The van der Waals surface area contributed by atoms with Gasteiger partial charge in [-0.15, -0.1) is 11.3 Å². The molecule has 10 aromatic carbocycles. The van der Waals surface area contributed by atoms with Crippen molar-refractivity contribution in [3.63, 3.8) is 0 Å². The average molecular weight is 689 g/mol. The smallest absolute Gasteiger partial charge is 0.0361 e. The van der Waals surface area contributed by atoms with Gasteiger partial charge in [0.25, 0.3) is 0 Å². The molecule has 0 aliphatic carbocycles. The minimum Gasteiger partial charge on any atom is -0.135 e. The molecule has 53 heavy (non-hydrogen) atoms. The predicted molar refractivity (Wildman–Crippen MR) is 231 cm³/mol. The summed E-state index contributed by atoms with van der Waals surface area (Å²) in [5, 5.41) is 12.9. The molecule has 0 N–H and O–H groups in total. The van der Waals surface area contributed by atoms with Gasteiger partial charge in [-0.1, -0.05) is 152 Å². The van der Waals surface area contributed by atoms with E-state index in [1.165, 1.54) is 108 Å². The maximum Gasteiger partial charge on any atom is 0.0361 e. The molecule has 0 aliphatic heterocycles. The van der Waals surface area contributed by atoms with E-state index in [-0.39, 0.29) is 0 Å². The summed E-state index contributed by atoms with van der Waals surface area (Å²) in [7, 11) is 0. The van der Waals surface area contributed by atoms with E-state index in [9.17, 15) is 0 Å². The first kappa shape index (κ1) is 30.1. The van der Waals surface area contributed by atoms with Gasteiger partial charge in [-0.05, 0) is 130 Å². The van der Waals surface area contributed by atoms with Crippen molar-refractivity contribution in [2.75, 3.05) is 0 Å². The van der Waals surface area contributed by atoms with E-state index in [4.69, 9.17) is 0 Å². The third kappa shape index (κ3) is 4.97. The van der Waals surface area contributed by atoms with Gasteiger partial charge in [0, 0.05) is 20.2 Å². The SMILES string of the molecule is c1ccc(-c2c3ccccc3c(-c3cccc(-c4ccc5cc(-c6ccc7sc8cc9ccccc9cc8c7c6)ccc5c4)c3)c3ccccc23)cc1. The Morgan fingerprint density at radius 1 is 0.226 bits per heavy atom. The molecule has 0 fully saturated rings. The van der Waals surface area contributed by atoms with Crippen molar-refractivity contribution >= 4 is 74.6 Å². The number of hydrogen-bond donors (Lipinski definition) is 0. The van der Waals surface area contributed by atoms with Crippen LogP contribution in [0.4, 0.5) is 0 Å². The van der Waals surface area contributed by atoms with Crippen LogP contribution in [-0.2, 0) is 0 Å². The maximum absolute atomic E-state index is 2.38. The summed E-state index contributed by atoms with van der Waals surface area (Å²) in [6.45, 7) is 0. The Labute approximate surface area is 311 Å². The topological polar surface area (TPSA) is 0 Å². The number of rotatable bonds is 4. The Hall–Kier alpha value is -6.54. The molecule has 1 heterocycles. The molecule has 1 heteroatoms. The first-order valence-corrected chi connectivity index (χ1v) is 19.1. The third-order valence-corrected chi connectivity index (χ3v) is 12.1. The van der Waals surface area contributed by atoms with Crippen LogP contribution in [0.2, 0.25) is 0 Å². The van der Waals surface area contributed by atoms with Gasteiger partial charge >= 0.3 is 0 Å². The Bertz CT molecular complexity index is 3160. The lowest BCUT2D eigenvalue weighted by Gasteiger charge is -2.18. The fourth-order valence-electron chi connectivity index (χ4n) is 8.46. The fraction of sp³-hybridized carbons (Fsp3) is 0. The summed E-state index contributed by atoms with van der Waals surface area (Å²) in [5.41, 5.74) is 9.99. The van der Waals surface area contributed by atoms with Crippen LogP contribution in [0, 0.1) is 0 Å². The molecule has 1 aromatic heterocycles. The van der Waals surface area contributed by atoms with Crippen molar-refractivity contribution in [3.8, 4) is 44.5 Å². The number of benzene rings is 10. The van der Waals surface area contributed by atoms with E-state index in [0.29, 0.717) is 0 Å². The molecule has 0 spiro atoms. The second kappa shape index (κ2) is 12.0. The third-order valence-electron chi connectivity index (χ3n) is 11.0. The average Bonchev–Trinajstić information content (AvgIpc) is 3.58. The minimum absolute atomic E-state index is 1.22. The van der Waals surface area contributed by atoms with Crippen LogP contribution in [0.15, 0.2) is 194 Å². The molecular weight excluding hydrogens is 657 g/mol. The summed E-state index contributed by atoms with van der Waals surface area (Å²) < 4.78 is 2.68. The van der Waals surface area contributed by atoms with Gasteiger partial charge in [-0.2, -0.15) is 0 Å². The Morgan fingerprint density at radius 2 is 0.679 bits per heavy atom. The molecule has 0 unspecified atom stereocenters. The largest absolute Gasteiger partial charge is 0.135 e. The van der Waals surface area contributed by atoms with Crippen LogP contribution in [0.5, 0.6) is 0 Å². The molecule has 0 nitrogen and oxygen atoms in total. The van der Waals surface area contributed by atoms with Crippen LogP contribution in [0.3, 0.4) is 0 Å². The number of hydrogen-bond acceptors (Lipinski definition) is 1. The zero-order valence-corrected chi connectivity index (χ0v) is 29.7. The van der Waals surface area contributed by atoms with Crippen molar-refractivity contribution in [1.29, 1.82) is 0 Å². The predicted octanol–water partition coefficient (Wildman–Crippen LogP) is 15.3. The lowest BCUT2D eigenvalue weighted by Crippen LogP contribution is -1.91. The van der Waals surface area contributed by atoms with Gasteiger partial charge in [0.1, 0.15) is 0 Å². The normalized spacial score (nSPS) is 11.8. The first-order chi connectivity index (χ1) is 26.2.